The summed E-state index contributed by atoms with van der Waals surface area (Å²) in [5.41, 5.74) is -0.173. The number of aromatic amines is 1. The molecule has 0 radical (unpaired) electrons. The van der Waals surface area contributed by atoms with Crippen LogP contribution in [0.15, 0.2) is 71.2 Å². The van der Waals surface area contributed by atoms with Crippen LogP contribution in [-0.2, 0) is 11.6 Å². The number of aromatic nitrogens is 2. The topological polar surface area (TPSA) is 81.5 Å². The Labute approximate surface area is 199 Å². The first-order valence-corrected chi connectivity index (χ1v) is 11.3. The standard InChI is InChI=1S/C26H26F3N3O3/c1-25(2)16-11-7-8-12-17(16)31(3)18(25)13-15-21(33)19(22(15)34)20-23(26(27,28)29)30-32(24(20)35)14-9-5-4-6-10-14/h4-13,15,19,21-22,30,33-34H,1-3H3. The molecule has 9 heteroatoms. The van der Waals surface area contributed by atoms with Crippen molar-refractivity contribution >= 4 is 5.69 Å². The normalized spacial score (nSPS) is 26.6. The Bertz CT molecular complexity index is 1350. The zero-order chi connectivity index (χ0) is 25.3. The lowest BCUT2D eigenvalue weighted by atomic mass is 9.64. The number of hydrogen-bond acceptors (Lipinski definition) is 4. The van der Waals surface area contributed by atoms with Crippen molar-refractivity contribution in [3.8, 4) is 5.69 Å². The van der Waals surface area contributed by atoms with Crippen LogP contribution >= 0.6 is 0 Å². The Morgan fingerprint density at radius 2 is 1.60 bits per heavy atom. The highest BCUT2D eigenvalue weighted by atomic mass is 19.4. The van der Waals surface area contributed by atoms with Gasteiger partial charge in [-0.25, -0.2) is 4.68 Å². The van der Waals surface area contributed by atoms with Crippen LogP contribution < -0.4 is 10.5 Å². The van der Waals surface area contributed by atoms with Gasteiger partial charge in [-0.05, 0) is 23.8 Å². The van der Waals surface area contributed by atoms with Crippen LogP contribution in [0.25, 0.3) is 5.69 Å². The molecule has 1 aromatic heterocycles. The van der Waals surface area contributed by atoms with Crippen molar-refractivity contribution in [2.45, 2.75) is 43.6 Å². The summed E-state index contributed by atoms with van der Waals surface area (Å²) in [6.07, 6.45) is -5.87. The van der Waals surface area contributed by atoms with Gasteiger partial charge < -0.3 is 15.1 Å². The lowest BCUT2D eigenvalue weighted by Crippen LogP contribution is -2.54. The Hall–Kier alpha value is -3.30. The third-order valence-electron chi connectivity index (χ3n) is 7.37. The number of benzene rings is 2. The first kappa shape index (κ1) is 23.4. The number of anilines is 1. The minimum atomic E-state index is -4.87. The van der Waals surface area contributed by atoms with Crippen molar-refractivity contribution in [3.05, 3.63) is 93.5 Å². The number of fused-ring (bicyclic) bond motifs is 1. The molecule has 2 heterocycles. The Balaban J connectivity index is 1.53. The quantitative estimate of drug-likeness (QED) is 0.525. The summed E-state index contributed by atoms with van der Waals surface area (Å²) >= 11 is 0. The van der Waals surface area contributed by atoms with E-state index in [0.717, 1.165) is 21.6 Å². The van der Waals surface area contributed by atoms with Gasteiger partial charge in [0.2, 0.25) is 0 Å². The largest absolute Gasteiger partial charge is 0.433 e. The van der Waals surface area contributed by atoms with Crippen molar-refractivity contribution in [1.29, 1.82) is 0 Å². The number of H-pyrrole nitrogens is 1. The van der Waals surface area contributed by atoms with Crippen molar-refractivity contribution < 1.29 is 23.4 Å². The number of alkyl halides is 3. The number of para-hydroxylation sites is 2. The lowest BCUT2D eigenvalue weighted by Gasteiger charge is -2.45. The van der Waals surface area contributed by atoms with E-state index in [1.807, 2.05) is 50.1 Å². The highest BCUT2D eigenvalue weighted by molar-refractivity contribution is 5.69. The fourth-order valence-electron chi connectivity index (χ4n) is 5.49. The van der Waals surface area contributed by atoms with Crippen molar-refractivity contribution in [1.82, 2.24) is 9.78 Å². The molecule has 5 rings (SSSR count). The summed E-state index contributed by atoms with van der Waals surface area (Å²) < 4.78 is 42.5. The molecule has 0 amide bonds. The van der Waals surface area contributed by atoms with Gasteiger partial charge in [0.25, 0.3) is 5.56 Å². The second kappa shape index (κ2) is 7.86. The number of likely N-dealkylation sites (N-methyl/N-ethyl adjacent to an activating group) is 1. The highest BCUT2D eigenvalue weighted by Crippen LogP contribution is 2.51. The van der Waals surface area contributed by atoms with Crippen molar-refractivity contribution in [2.75, 3.05) is 11.9 Å². The van der Waals surface area contributed by atoms with Crippen LogP contribution in [0.3, 0.4) is 0 Å². The van der Waals surface area contributed by atoms with Gasteiger partial charge in [-0.1, -0.05) is 56.3 Å². The Morgan fingerprint density at radius 1 is 1.00 bits per heavy atom. The second-order valence-electron chi connectivity index (χ2n) is 9.71. The van der Waals surface area contributed by atoms with Gasteiger partial charge in [-0.2, -0.15) is 13.2 Å². The van der Waals surface area contributed by atoms with E-state index in [9.17, 15) is 28.2 Å². The summed E-state index contributed by atoms with van der Waals surface area (Å²) in [6.45, 7) is 4.03. The maximum atomic E-state index is 13.9. The molecule has 1 aliphatic heterocycles. The smallest absolute Gasteiger partial charge is 0.392 e. The fraction of sp³-hybridized carbons (Fsp3) is 0.346. The number of hydrogen-bond donors (Lipinski definition) is 3. The average Bonchev–Trinajstić information content (AvgIpc) is 3.25. The van der Waals surface area contributed by atoms with Crippen LogP contribution in [-0.4, -0.2) is 39.2 Å². The molecule has 2 atom stereocenters. The summed E-state index contributed by atoms with van der Waals surface area (Å²) in [7, 11) is 1.88. The molecule has 3 N–H and O–H groups in total. The molecule has 1 saturated carbocycles. The number of allylic oxidation sites excluding steroid dienone is 1. The molecule has 3 aromatic rings. The van der Waals surface area contributed by atoms with E-state index in [0.29, 0.717) is 0 Å². The molecule has 1 aliphatic carbocycles. The summed E-state index contributed by atoms with van der Waals surface area (Å²) in [4.78, 5) is 15.1. The summed E-state index contributed by atoms with van der Waals surface area (Å²) in [5.74, 6) is -2.20. The first-order valence-electron chi connectivity index (χ1n) is 11.3. The van der Waals surface area contributed by atoms with E-state index < -0.39 is 52.5 Å². The Kier molecular flexibility index (Phi) is 5.26. The Morgan fingerprint density at radius 3 is 2.20 bits per heavy atom. The zero-order valence-corrected chi connectivity index (χ0v) is 19.4. The SMILES string of the molecule is CN1C(=CC2C(O)C(c3c(C(F)(F)F)[nH]n(-c4ccccc4)c3=O)C2O)C(C)(C)c2ccccc21. The third kappa shape index (κ3) is 3.44. The van der Waals surface area contributed by atoms with Crippen molar-refractivity contribution in [3.63, 3.8) is 0 Å². The van der Waals surface area contributed by atoms with E-state index in [1.165, 1.54) is 12.1 Å². The monoisotopic (exact) mass is 485 g/mol. The maximum absolute atomic E-state index is 13.9. The number of aliphatic hydroxyl groups is 2. The molecule has 0 spiro atoms. The molecule has 2 aromatic carbocycles. The van der Waals surface area contributed by atoms with Gasteiger partial charge >= 0.3 is 6.18 Å². The number of nitrogens with zero attached hydrogens (tertiary/aromatic N) is 2. The molecule has 2 aliphatic rings. The molecular weight excluding hydrogens is 459 g/mol. The van der Waals surface area contributed by atoms with Crippen LogP contribution in [0, 0.1) is 5.92 Å². The number of halogens is 3. The van der Waals surface area contributed by atoms with Crippen LogP contribution in [0.2, 0.25) is 0 Å². The molecule has 0 saturated heterocycles. The van der Waals surface area contributed by atoms with E-state index >= 15 is 0 Å². The summed E-state index contributed by atoms with van der Waals surface area (Å²) in [5, 5.41) is 24.1. The second-order valence-corrected chi connectivity index (χ2v) is 9.71. The first-order chi connectivity index (χ1) is 16.4. The van der Waals surface area contributed by atoms with Crippen molar-refractivity contribution in [2.24, 2.45) is 5.92 Å². The van der Waals surface area contributed by atoms with Gasteiger partial charge in [0.15, 0.2) is 0 Å². The number of rotatable bonds is 3. The van der Waals surface area contributed by atoms with E-state index in [1.54, 1.807) is 24.3 Å². The molecule has 1 fully saturated rings. The molecule has 184 valence electrons. The van der Waals surface area contributed by atoms with Gasteiger partial charge in [-0.15, -0.1) is 0 Å². The van der Waals surface area contributed by atoms with Crippen LogP contribution in [0.4, 0.5) is 18.9 Å². The third-order valence-corrected chi connectivity index (χ3v) is 7.37. The average molecular weight is 486 g/mol. The highest BCUT2D eigenvalue weighted by Gasteiger charge is 2.55. The molecule has 0 bridgehead atoms. The van der Waals surface area contributed by atoms with Gasteiger partial charge in [0, 0.05) is 35.7 Å². The number of aliphatic hydroxyl groups excluding tert-OH is 2. The lowest BCUT2D eigenvalue weighted by molar-refractivity contribution is -0.145. The van der Waals surface area contributed by atoms with E-state index in [4.69, 9.17) is 0 Å². The van der Waals surface area contributed by atoms with Gasteiger partial charge in [0.05, 0.1) is 23.5 Å². The molecule has 6 nitrogen and oxygen atoms in total. The van der Waals surface area contributed by atoms with Gasteiger partial charge in [-0.3, -0.25) is 9.89 Å². The molecular formula is C26H26F3N3O3. The van der Waals surface area contributed by atoms with E-state index in [-0.39, 0.29) is 5.69 Å². The molecule has 35 heavy (non-hydrogen) atoms. The molecule has 2 unspecified atom stereocenters. The number of nitrogens with one attached hydrogen (secondary N) is 1. The predicted molar refractivity (Wildman–Crippen MR) is 126 cm³/mol. The minimum Gasteiger partial charge on any atom is -0.392 e. The maximum Gasteiger partial charge on any atom is 0.433 e. The van der Waals surface area contributed by atoms with Gasteiger partial charge in [0.1, 0.15) is 5.69 Å². The van der Waals surface area contributed by atoms with Crippen LogP contribution in [0.5, 0.6) is 0 Å². The fourth-order valence-corrected chi connectivity index (χ4v) is 5.49. The minimum absolute atomic E-state index is 0.225. The summed E-state index contributed by atoms with van der Waals surface area (Å²) in [6, 6.07) is 15.7. The van der Waals surface area contributed by atoms with Crippen LogP contribution in [0.1, 0.15) is 36.6 Å². The zero-order valence-electron chi connectivity index (χ0n) is 19.4. The van der Waals surface area contributed by atoms with E-state index in [2.05, 4.69) is 5.10 Å². The predicted octanol–water partition coefficient (Wildman–Crippen LogP) is 3.93.